The fourth-order valence-electron chi connectivity index (χ4n) is 10.2. The molecule has 1 aromatic heterocycles. The van der Waals surface area contributed by atoms with E-state index in [1.165, 1.54) is 97.0 Å². The van der Waals surface area contributed by atoms with Crippen LogP contribution in [0.15, 0.2) is 186 Å². The Labute approximate surface area is 329 Å². The van der Waals surface area contributed by atoms with Crippen LogP contribution in [0.2, 0.25) is 0 Å². The van der Waals surface area contributed by atoms with Crippen molar-refractivity contribution in [3.63, 3.8) is 0 Å². The van der Waals surface area contributed by atoms with Gasteiger partial charge in [-0.3, -0.25) is 0 Å². The summed E-state index contributed by atoms with van der Waals surface area (Å²) in [4.78, 5) is 5.15. The highest BCUT2D eigenvalue weighted by Gasteiger charge is 2.50. The lowest BCUT2D eigenvalue weighted by Gasteiger charge is -2.39. The molecule has 9 aromatic rings. The average Bonchev–Trinajstić information content (AvgIpc) is 3.82. The number of rotatable bonds is 3. The molecule has 8 aromatic carbocycles. The SMILES string of the molecule is CC1(C)c2ccccc2-c2cc(N(c3ccccc3)c3cccc4sc5cc6c(cc5c34)-c3ccccc3C63c4ccccc4Sc4ccccc43)ccc21. The van der Waals surface area contributed by atoms with Crippen LogP contribution in [-0.4, -0.2) is 0 Å². The van der Waals surface area contributed by atoms with Crippen LogP contribution in [0.1, 0.15) is 47.2 Å². The fraction of sp³-hybridized carbons (Fsp3) is 0.0769. The predicted octanol–water partition coefficient (Wildman–Crippen LogP) is 14.7. The van der Waals surface area contributed by atoms with E-state index in [1.807, 2.05) is 23.1 Å². The summed E-state index contributed by atoms with van der Waals surface area (Å²) in [5, 5.41) is 2.61. The van der Waals surface area contributed by atoms with Gasteiger partial charge in [0.25, 0.3) is 0 Å². The summed E-state index contributed by atoms with van der Waals surface area (Å²) in [6.45, 7) is 4.71. The molecule has 0 atom stereocenters. The topological polar surface area (TPSA) is 3.24 Å². The molecule has 1 aliphatic heterocycles. The molecular formula is C52H35NS2. The number of hydrogen-bond acceptors (Lipinski definition) is 3. The van der Waals surface area contributed by atoms with Gasteiger partial charge in [-0.15, -0.1) is 11.3 Å². The van der Waals surface area contributed by atoms with Gasteiger partial charge in [0, 0.05) is 46.8 Å². The Balaban J connectivity index is 1.13. The van der Waals surface area contributed by atoms with Crippen LogP contribution in [0.5, 0.6) is 0 Å². The van der Waals surface area contributed by atoms with Crippen molar-refractivity contribution in [2.45, 2.75) is 34.5 Å². The van der Waals surface area contributed by atoms with Gasteiger partial charge in [-0.1, -0.05) is 141 Å². The van der Waals surface area contributed by atoms with E-state index in [0.717, 1.165) is 5.69 Å². The van der Waals surface area contributed by atoms with Crippen LogP contribution in [0.3, 0.4) is 0 Å². The number of anilines is 3. The molecule has 1 nitrogen and oxygen atoms in total. The van der Waals surface area contributed by atoms with Crippen molar-refractivity contribution >= 4 is 60.3 Å². The third-order valence-corrected chi connectivity index (χ3v) is 14.8. The molecule has 0 N–H and O–H groups in total. The van der Waals surface area contributed by atoms with Gasteiger partial charge in [0.2, 0.25) is 0 Å². The Hall–Kier alpha value is -5.87. The highest BCUT2D eigenvalue weighted by molar-refractivity contribution is 7.99. The number of fused-ring (bicyclic) bond motifs is 15. The minimum Gasteiger partial charge on any atom is -0.310 e. The Morgan fingerprint density at radius 2 is 1.02 bits per heavy atom. The molecule has 55 heavy (non-hydrogen) atoms. The van der Waals surface area contributed by atoms with Crippen LogP contribution in [0.4, 0.5) is 17.1 Å². The number of nitrogens with zero attached hydrogens (tertiary/aromatic N) is 1. The first-order chi connectivity index (χ1) is 27.0. The lowest BCUT2D eigenvalue weighted by Crippen LogP contribution is -2.31. The first kappa shape index (κ1) is 31.5. The first-order valence-electron chi connectivity index (χ1n) is 19.1. The number of para-hydroxylation sites is 1. The summed E-state index contributed by atoms with van der Waals surface area (Å²) in [7, 11) is 0. The highest BCUT2D eigenvalue weighted by Crippen LogP contribution is 2.63. The Morgan fingerprint density at radius 1 is 0.418 bits per heavy atom. The third kappa shape index (κ3) is 4.15. The highest BCUT2D eigenvalue weighted by atomic mass is 32.2. The molecule has 0 saturated heterocycles. The van der Waals surface area contributed by atoms with Gasteiger partial charge in [0.1, 0.15) is 0 Å². The Morgan fingerprint density at radius 3 is 1.76 bits per heavy atom. The lowest BCUT2D eigenvalue weighted by molar-refractivity contribution is 0.660. The summed E-state index contributed by atoms with van der Waals surface area (Å²) in [5.74, 6) is 0. The van der Waals surface area contributed by atoms with E-state index in [4.69, 9.17) is 0 Å². The molecule has 0 unspecified atom stereocenters. The van der Waals surface area contributed by atoms with Crippen molar-refractivity contribution in [1.82, 2.24) is 0 Å². The fourth-order valence-corrected chi connectivity index (χ4v) is 12.5. The van der Waals surface area contributed by atoms with Crippen LogP contribution >= 0.6 is 23.1 Å². The third-order valence-electron chi connectivity index (χ3n) is 12.5. The number of thiophene rings is 1. The van der Waals surface area contributed by atoms with Gasteiger partial charge in [-0.2, -0.15) is 0 Å². The standard InChI is InChI=1S/C52H35NS2/c1-51(2)39-19-8-6-17-34(39)36-29-33(27-28-40(36)51)53(32-15-4-3-5-16-32)45-23-14-26-48-50(45)38-30-37-35-18-7-9-20-41(35)52(44(37)31-49(38)55-48)42-21-10-12-24-46(42)54-47-25-13-11-22-43(47)52/h3-31H,1-2H3. The van der Waals surface area contributed by atoms with Crippen LogP contribution in [0, 0.1) is 0 Å². The molecule has 3 aliphatic rings. The molecule has 2 aliphatic carbocycles. The molecule has 0 radical (unpaired) electrons. The minimum atomic E-state index is -0.387. The van der Waals surface area contributed by atoms with Gasteiger partial charge in [-0.25, -0.2) is 0 Å². The largest absolute Gasteiger partial charge is 0.310 e. The second-order valence-corrected chi connectivity index (χ2v) is 17.8. The van der Waals surface area contributed by atoms with E-state index in [2.05, 4.69) is 195 Å². The molecule has 0 fully saturated rings. The maximum Gasteiger partial charge on any atom is 0.0735 e. The van der Waals surface area contributed by atoms with Crippen molar-refractivity contribution in [2.24, 2.45) is 0 Å². The second kappa shape index (κ2) is 11.3. The average molecular weight is 738 g/mol. The number of benzene rings is 8. The molecule has 1 spiro atoms. The van der Waals surface area contributed by atoms with E-state index >= 15 is 0 Å². The van der Waals surface area contributed by atoms with Crippen molar-refractivity contribution in [1.29, 1.82) is 0 Å². The first-order valence-corrected chi connectivity index (χ1v) is 20.7. The van der Waals surface area contributed by atoms with Crippen molar-refractivity contribution < 1.29 is 0 Å². The van der Waals surface area contributed by atoms with Gasteiger partial charge in [0.15, 0.2) is 0 Å². The molecule has 260 valence electrons. The zero-order chi connectivity index (χ0) is 36.5. The van der Waals surface area contributed by atoms with Crippen LogP contribution in [-0.2, 0) is 10.8 Å². The summed E-state index contributed by atoms with van der Waals surface area (Å²) in [6, 6.07) is 66.2. The zero-order valence-electron chi connectivity index (χ0n) is 30.5. The van der Waals surface area contributed by atoms with Crippen LogP contribution < -0.4 is 4.90 Å². The van der Waals surface area contributed by atoms with Gasteiger partial charge < -0.3 is 4.90 Å². The maximum absolute atomic E-state index is 2.55. The van der Waals surface area contributed by atoms with E-state index in [-0.39, 0.29) is 10.8 Å². The smallest absolute Gasteiger partial charge is 0.0735 e. The molecule has 3 heteroatoms. The summed E-state index contributed by atoms with van der Waals surface area (Å²) >= 11 is 3.82. The maximum atomic E-state index is 2.55. The summed E-state index contributed by atoms with van der Waals surface area (Å²) < 4.78 is 2.62. The van der Waals surface area contributed by atoms with Crippen LogP contribution in [0.25, 0.3) is 42.4 Å². The second-order valence-electron chi connectivity index (χ2n) is 15.6. The van der Waals surface area contributed by atoms with Crippen molar-refractivity contribution in [3.8, 4) is 22.3 Å². The lowest BCUT2D eigenvalue weighted by atomic mass is 9.67. The van der Waals surface area contributed by atoms with Gasteiger partial charge in [0.05, 0.1) is 11.1 Å². The molecule has 0 amide bonds. The minimum absolute atomic E-state index is 0.0440. The normalized spacial score (nSPS) is 14.9. The monoisotopic (exact) mass is 737 g/mol. The van der Waals surface area contributed by atoms with E-state index in [1.54, 1.807) is 0 Å². The van der Waals surface area contributed by atoms with Crippen molar-refractivity contribution in [2.75, 3.05) is 4.90 Å². The predicted molar refractivity (Wildman–Crippen MR) is 233 cm³/mol. The summed E-state index contributed by atoms with van der Waals surface area (Å²) in [6.07, 6.45) is 0. The zero-order valence-corrected chi connectivity index (χ0v) is 32.1. The van der Waals surface area contributed by atoms with Crippen molar-refractivity contribution in [3.05, 3.63) is 209 Å². The van der Waals surface area contributed by atoms with E-state index in [0.29, 0.717) is 0 Å². The number of hydrogen-bond donors (Lipinski definition) is 0. The molecular weight excluding hydrogens is 703 g/mol. The Bertz CT molecular complexity index is 3010. The quantitative estimate of drug-likeness (QED) is 0.178. The van der Waals surface area contributed by atoms with E-state index < -0.39 is 0 Å². The molecule has 0 saturated carbocycles. The summed E-state index contributed by atoms with van der Waals surface area (Å²) in [5.41, 5.74) is 16.7. The molecule has 12 rings (SSSR count). The van der Waals surface area contributed by atoms with Gasteiger partial charge >= 0.3 is 0 Å². The van der Waals surface area contributed by atoms with Gasteiger partial charge in [-0.05, 0) is 116 Å². The molecule has 2 heterocycles. The molecule has 0 bridgehead atoms. The Kier molecular flexibility index (Phi) is 6.49. The van der Waals surface area contributed by atoms with E-state index in [9.17, 15) is 0 Å².